The Morgan fingerprint density at radius 2 is 2.33 bits per heavy atom. The zero-order valence-corrected chi connectivity index (χ0v) is 9.67. The summed E-state index contributed by atoms with van der Waals surface area (Å²) < 4.78 is 0. The highest BCUT2D eigenvalue weighted by molar-refractivity contribution is 7.09. The van der Waals surface area contributed by atoms with Gasteiger partial charge in [-0.25, -0.2) is 0 Å². The molecule has 2 N–H and O–H groups in total. The zero-order chi connectivity index (χ0) is 10.5. The Balaban J connectivity index is 1.69. The van der Waals surface area contributed by atoms with Gasteiger partial charge in [-0.1, -0.05) is 6.42 Å². The second-order valence-electron chi connectivity index (χ2n) is 4.23. The molecule has 0 aromatic carbocycles. The zero-order valence-electron chi connectivity index (χ0n) is 8.85. The number of hydrogen-bond acceptors (Lipinski definition) is 4. The molecule has 1 aliphatic rings. The Hall–Kier alpha value is -0.450. The summed E-state index contributed by atoms with van der Waals surface area (Å²) >= 11 is 1.69. The monoisotopic (exact) mass is 226 g/mol. The molecule has 0 bridgehead atoms. The van der Waals surface area contributed by atoms with Crippen molar-refractivity contribution in [1.82, 2.24) is 10.3 Å². The lowest BCUT2D eigenvalue weighted by molar-refractivity contribution is 0.192. The second kappa shape index (κ2) is 5.58. The smallest absolute Gasteiger partial charge is 0.0794 e. The van der Waals surface area contributed by atoms with Crippen molar-refractivity contribution in [3.63, 3.8) is 0 Å². The summed E-state index contributed by atoms with van der Waals surface area (Å²) in [7, 11) is 0. The van der Waals surface area contributed by atoms with Crippen molar-refractivity contribution in [2.75, 3.05) is 13.2 Å². The SMILES string of the molecule is OCC1CCCC1CNCc1cncs1. The summed E-state index contributed by atoms with van der Waals surface area (Å²) in [5.74, 6) is 1.20. The second-order valence-corrected chi connectivity index (χ2v) is 5.20. The maximum absolute atomic E-state index is 9.18. The van der Waals surface area contributed by atoms with E-state index < -0.39 is 0 Å². The third-order valence-electron chi connectivity index (χ3n) is 3.24. The molecule has 2 unspecified atom stereocenters. The van der Waals surface area contributed by atoms with Crippen LogP contribution in [-0.4, -0.2) is 23.2 Å². The van der Waals surface area contributed by atoms with Gasteiger partial charge in [0.25, 0.3) is 0 Å². The molecule has 1 aromatic heterocycles. The molecular weight excluding hydrogens is 208 g/mol. The van der Waals surface area contributed by atoms with E-state index in [-0.39, 0.29) is 0 Å². The van der Waals surface area contributed by atoms with Crippen molar-refractivity contribution in [2.45, 2.75) is 25.8 Å². The predicted molar refractivity (Wildman–Crippen MR) is 61.7 cm³/mol. The van der Waals surface area contributed by atoms with Crippen molar-refractivity contribution >= 4 is 11.3 Å². The van der Waals surface area contributed by atoms with Crippen LogP contribution < -0.4 is 5.32 Å². The molecule has 1 fully saturated rings. The van der Waals surface area contributed by atoms with Gasteiger partial charge in [0, 0.05) is 24.2 Å². The highest BCUT2D eigenvalue weighted by Crippen LogP contribution is 2.30. The molecule has 2 rings (SSSR count). The maximum Gasteiger partial charge on any atom is 0.0794 e. The fourth-order valence-electron chi connectivity index (χ4n) is 2.33. The van der Waals surface area contributed by atoms with Crippen LogP contribution in [0.3, 0.4) is 0 Å². The first-order chi connectivity index (χ1) is 7.40. The molecule has 0 saturated heterocycles. The topological polar surface area (TPSA) is 45.1 Å². The van der Waals surface area contributed by atoms with Crippen LogP contribution in [0.2, 0.25) is 0 Å². The molecule has 3 nitrogen and oxygen atoms in total. The number of nitrogens with zero attached hydrogens (tertiary/aromatic N) is 1. The van der Waals surface area contributed by atoms with Crippen molar-refractivity contribution < 1.29 is 5.11 Å². The summed E-state index contributed by atoms with van der Waals surface area (Å²) in [6, 6.07) is 0. The Morgan fingerprint density at radius 1 is 1.47 bits per heavy atom. The molecule has 1 aromatic rings. The van der Waals surface area contributed by atoms with Crippen LogP contribution in [0.4, 0.5) is 0 Å². The highest BCUT2D eigenvalue weighted by Gasteiger charge is 2.25. The van der Waals surface area contributed by atoms with Crippen molar-refractivity contribution in [2.24, 2.45) is 11.8 Å². The number of aliphatic hydroxyl groups is 1. The third-order valence-corrected chi connectivity index (χ3v) is 4.02. The van der Waals surface area contributed by atoms with Crippen LogP contribution in [0.5, 0.6) is 0 Å². The van der Waals surface area contributed by atoms with Gasteiger partial charge in [0.05, 0.1) is 5.51 Å². The van der Waals surface area contributed by atoms with E-state index >= 15 is 0 Å². The van der Waals surface area contributed by atoms with Gasteiger partial charge < -0.3 is 10.4 Å². The average Bonchev–Trinajstić information content (AvgIpc) is 2.88. The predicted octanol–water partition coefficient (Wildman–Crippen LogP) is 1.64. The molecule has 4 heteroatoms. The van der Waals surface area contributed by atoms with E-state index in [0.29, 0.717) is 18.4 Å². The summed E-state index contributed by atoms with van der Waals surface area (Å²) in [6.07, 6.45) is 5.65. The van der Waals surface area contributed by atoms with Gasteiger partial charge in [0.1, 0.15) is 0 Å². The summed E-state index contributed by atoms with van der Waals surface area (Å²) in [5, 5.41) is 12.6. The van der Waals surface area contributed by atoms with Crippen LogP contribution in [0.15, 0.2) is 11.7 Å². The lowest BCUT2D eigenvalue weighted by Gasteiger charge is -2.17. The molecule has 15 heavy (non-hydrogen) atoms. The van der Waals surface area contributed by atoms with E-state index in [1.54, 1.807) is 11.3 Å². The molecule has 0 amide bonds. The molecule has 1 aliphatic carbocycles. The molecule has 1 heterocycles. The molecule has 1 saturated carbocycles. The van der Waals surface area contributed by atoms with Crippen LogP contribution in [0.25, 0.3) is 0 Å². The Bertz CT molecular complexity index is 276. The van der Waals surface area contributed by atoms with Crippen molar-refractivity contribution in [3.8, 4) is 0 Å². The van der Waals surface area contributed by atoms with Crippen LogP contribution in [0, 0.1) is 11.8 Å². The standard InChI is InChI=1S/C11H18N2OS/c14-7-10-3-1-2-9(10)4-12-5-11-6-13-8-15-11/h6,8-10,12,14H,1-5,7H2. The fraction of sp³-hybridized carbons (Fsp3) is 0.727. The first kappa shape index (κ1) is 11.0. The summed E-state index contributed by atoms with van der Waals surface area (Å²) in [6.45, 7) is 2.30. The minimum absolute atomic E-state index is 0.354. The maximum atomic E-state index is 9.18. The number of thiazole rings is 1. The molecule has 2 atom stereocenters. The number of rotatable bonds is 5. The third kappa shape index (κ3) is 3.00. The number of aliphatic hydroxyl groups excluding tert-OH is 1. The molecular formula is C11H18N2OS. The van der Waals surface area contributed by atoms with Gasteiger partial charge in [-0.3, -0.25) is 4.98 Å². The van der Waals surface area contributed by atoms with Crippen LogP contribution in [0.1, 0.15) is 24.1 Å². The minimum Gasteiger partial charge on any atom is -0.396 e. The van der Waals surface area contributed by atoms with E-state index in [1.807, 2.05) is 11.7 Å². The quantitative estimate of drug-likeness (QED) is 0.802. The van der Waals surface area contributed by atoms with E-state index in [9.17, 15) is 5.11 Å². The Labute approximate surface area is 94.5 Å². The lowest BCUT2D eigenvalue weighted by Crippen LogP contribution is -2.26. The van der Waals surface area contributed by atoms with Crippen LogP contribution >= 0.6 is 11.3 Å². The van der Waals surface area contributed by atoms with Crippen molar-refractivity contribution in [3.05, 3.63) is 16.6 Å². The average molecular weight is 226 g/mol. The van der Waals surface area contributed by atoms with E-state index in [0.717, 1.165) is 13.1 Å². The highest BCUT2D eigenvalue weighted by atomic mass is 32.1. The fourth-order valence-corrected chi connectivity index (χ4v) is 2.90. The van der Waals surface area contributed by atoms with E-state index in [1.165, 1.54) is 24.1 Å². The summed E-state index contributed by atoms with van der Waals surface area (Å²) in [4.78, 5) is 5.33. The largest absolute Gasteiger partial charge is 0.396 e. The molecule has 0 radical (unpaired) electrons. The first-order valence-electron chi connectivity index (χ1n) is 5.59. The Kier molecular flexibility index (Phi) is 4.11. The van der Waals surface area contributed by atoms with Gasteiger partial charge >= 0.3 is 0 Å². The minimum atomic E-state index is 0.354. The van der Waals surface area contributed by atoms with Gasteiger partial charge in [-0.15, -0.1) is 11.3 Å². The van der Waals surface area contributed by atoms with Crippen LogP contribution in [-0.2, 0) is 6.54 Å². The normalized spacial score (nSPS) is 25.9. The Morgan fingerprint density at radius 3 is 3.07 bits per heavy atom. The van der Waals surface area contributed by atoms with Gasteiger partial charge in [-0.2, -0.15) is 0 Å². The van der Waals surface area contributed by atoms with Gasteiger partial charge in [0.2, 0.25) is 0 Å². The first-order valence-corrected chi connectivity index (χ1v) is 6.47. The van der Waals surface area contributed by atoms with Gasteiger partial charge in [0.15, 0.2) is 0 Å². The molecule has 0 spiro atoms. The summed E-state index contributed by atoms with van der Waals surface area (Å²) in [5.41, 5.74) is 1.86. The molecule has 84 valence electrons. The van der Waals surface area contributed by atoms with Gasteiger partial charge in [-0.05, 0) is 31.2 Å². The number of nitrogens with one attached hydrogen (secondary N) is 1. The molecule has 0 aliphatic heterocycles. The number of hydrogen-bond donors (Lipinski definition) is 2. The van der Waals surface area contributed by atoms with Crippen molar-refractivity contribution in [1.29, 1.82) is 0 Å². The van der Waals surface area contributed by atoms with E-state index in [4.69, 9.17) is 0 Å². The van der Waals surface area contributed by atoms with E-state index in [2.05, 4.69) is 10.3 Å². The number of aromatic nitrogens is 1. The lowest BCUT2D eigenvalue weighted by atomic mass is 9.97.